The van der Waals surface area contributed by atoms with E-state index in [0.29, 0.717) is 11.5 Å². The molecule has 0 aromatic heterocycles. The maximum absolute atomic E-state index is 13.4. The summed E-state index contributed by atoms with van der Waals surface area (Å²) in [5, 5.41) is 4.34. The number of rotatable bonds is 8. The second-order valence-electron chi connectivity index (χ2n) is 6.88. The van der Waals surface area contributed by atoms with Gasteiger partial charge in [-0.15, -0.1) is 0 Å². The molecule has 1 amide bonds. The summed E-state index contributed by atoms with van der Waals surface area (Å²) in [6, 6.07) is 20.0. The van der Waals surface area contributed by atoms with Gasteiger partial charge in [-0.1, -0.05) is 41.9 Å². The monoisotopic (exact) mass is 597 g/mol. The second kappa shape index (κ2) is 11.0. The van der Waals surface area contributed by atoms with Crippen LogP contribution < -0.4 is 14.5 Å². The molecule has 3 rings (SSSR count). The number of anilines is 1. The molecule has 0 heterocycles. The highest BCUT2D eigenvalue weighted by atomic mass is 127. The molecule has 3 aromatic carbocycles. The van der Waals surface area contributed by atoms with Gasteiger partial charge in [-0.25, -0.2) is 13.8 Å². The summed E-state index contributed by atoms with van der Waals surface area (Å²) in [4.78, 5) is 12.8. The maximum atomic E-state index is 13.4. The molecular weight excluding hydrogens is 577 g/mol. The molecule has 10 heteroatoms. The van der Waals surface area contributed by atoms with Gasteiger partial charge in [0.1, 0.15) is 12.3 Å². The van der Waals surface area contributed by atoms with Crippen molar-refractivity contribution in [1.29, 1.82) is 0 Å². The Morgan fingerprint density at radius 1 is 1.09 bits per heavy atom. The summed E-state index contributed by atoms with van der Waals surface area (Å²) < 4.78 is 33.9. The molecule has 7 nitrogen and oxygen atoms in total. The minimum atomic E-state index is -4.06. The minimum absolute atomic E-state index is 0.0447. The molecule has 0 saturated heterocycles. The predicted octanol–water partition coefficient (Wildman–Crippen LogP) is 4.69. The molecule has 33 heavy (non-hydrogen) atoms. The summed E-state index contributed by atoms with van der Waals surface area (Å²) in [7, 11) is -2.60. The van der Waals surface area contributed by atoms with E-state index >= 15 is 0 Å². The lowest BCUT2D eigenvalue weighted by Crippen LogP contribution is -2.39. The fourth-order valence-corrected chi connectivity index (χ4v) is 4.96. The molecule has 0 radical (unpaired) electrons. The number of sulfonamides is 1. The Bertz CT molecular complexity index is 1270. The third kappa shape index (κ3) is 6.24. The Balaban J connectivity index is 1.89. The zero-order valence-electron chi connectivity index (χ0n) is 17.8. The van der Waals surface area contributed by atoms with Gasteiger partial charge in [0.05, 0.1) is 28.4 Å². The van der Waals surface area contributed by atoms with E-state index in [9.17, 15) is 13.2 Å². The Labute approximate surface area is 211 Å². The van der Waals surface area contributed by atoms with Crippen LogP contribution in [0.5, 0.6) is 5.75 Å². The van der Waals surface area contributed by atoms with Crippen molar-refractivity contribution >= 4 is 61.5 Å². The van der Waals surface area contributed by atoms with E-state index in [1.54, 1.807) is 31.2 Å². The average Bonchev–Trinajstić information content (AvgIpc) is 2.82. The van der Waals surface area contributed by atoms with Crippen molar-refractivity contribution < 1.29 is 17.9 Å². The maximum Gasteiger partial charge on any atom is 0.264 e. The fraction of sp³-hybridized carbons (Fsp3) is 0.130. The van der Waals surface area contributed by atoms with Crippen molar-refractivity contribution in [2.75, 3.05) is 18.0 Å². The van der Waals surface area contributed by atoms with Crippen LogP contribution in [0.4, 0.5) is 5.69 Å². The number of nitrogens with one attached hydrogen (secondary N) is 1. The van der Waals surface area contributed by atoms with Crippen molar-refractivity contribution in [2.45, 2.75) is 11.8 Å². The summed E-state index contributed by atoms with van der Waals surface area (Å²) in [6.07, 6.45) is 0. The van der Waals surface area contributed by atoms with Gasteiger partial charge in [0.25, 0.3) is 15.9 Å². The number of carbonyl (C=O) groups excluding carboxylic acids is 1. The van der Waals surface area contributed by atoms with Gasteiger partial charge in [-0.05, 0) is 77.5 Å². The molecule has 1 N–H and O–H groups in total. The average molecular weight is 598 g/mol. The first-order valence-electron chi connectivity index (χ1n) is 9.73. The minimum Gasteiger partial charge on any atom is -0.495 e. The van der Waals surface area contributed by atoms with Gasteiger partial charge in [0, 0.05) is 3.57 Å². The number of methoxy groups -OCH3 is 1. The number of hydrazone groups is 1. The summed E-state index contributed by atoms with van der Waals surface area (Å²) >= 11 is 8.42. The summed E-state index contributed by atoms with van der Waals surface area (Å²) in [5.41, 5.74) is 4.09. The first-order chi connectivity index (χ1) is 15.7. The topological polar surface area (TPSA) is 88.1 Å². The number of ether oxygens (including phenoxy) is 1. The highest BCUT2D eigenvalue weighted by Gasteiger charge is 2.27. The van der Waals surface area contributed by atoms with Crippen molar-refractivity contribution in [3.8, 4) is 5.75 Å². The van der Waals surface area contributed by atoms with Crippen LogP contribution in [0.3, 0.4) is 0 Å². The molecule has 3 aromatic rings. The van der Waals surface area contributed by atoms with Crippen LogP contribution in [0.25, 0.3) is 0 Å². The Morgan fingerprint density at radius 2 is 1.76 bits per heavy atom. The number of nitrogens with zero attached hydrogens (tertiary/aromatic N) is 2. The van der Waals surface area contributed by atoms with Crippen LogP contribution in [-0.4, -0.2) is 33.7 Å². The largest absolute Gasteiger partial charge is 0.495 e. The van der Waals surface area contributed by atoms with Crippen LogP contribution in [0.2, 0.25) is 5.02 Å². The van der Waals surface area contributed by atoms with Gasteiger partial charge < -0.3 is 4.74 Å². The van der Waals surface area contributed by atoms with E-state index in [0.717, 1.165) is 13.4 Å². The number of amides is 1. The van der Waals surface area contributed by atoms with Gasteiger partial charge in [0.2, 0.25) is 0 Å². The van der Waals surface area contributed by atoms with Crippen LogP contribution >= 0.6 is 34.2 Å². The first-order valence-corrected chi connectivity index (χ1v) is 12.6. The third-order valence-electron chi connectivity index (χ3n) is 4.65. The predicted molar refractivity (Wildman–Crippen MR) is 138 cm³/mol. The first kappa shape index (κ1) is 25.0. The highest BCUT2D eigenvalue weighted by molar-refractivity contribution is 14.1. The van der Waals surface area contributed by atoms with Crippen LogP contribution in [-0.2, 0) is 14.8 Å². The standard InChI is InChI=1S/C23H21ClIN3O4S/c1-16(17-8-10-18(25)11-9-17)26-27-23(29)15-28(19-12-13-22(32-2)21(24)14-19)33(30,31)20-6-4-3-5-7-20/h3-14H,15H2,1-2H3,(H,27,29)/b26-16-. The molecule has 0 atom stereocenters. The molecular formula is C23H21ClIN3O4S. The molecule has 0 aliphatic heterocycles. The van der Waals surface area contributed by atoms with Crippen LogP contribution in [0, 0.1) is 3.57 Å². The molecule has 0 aliphatic carbocycles. The normalized spacial score (nSPS) is 11.7. The third-order valence-corrected chi connectivity index (χ3v) is 7.45. The van der Waals surface area contributed by atoms with E-state index in [4.69, 9.17) is 16.3 Å². The molecule has 0 aliphatic rings. The lowest BCUT2D eigenvalue weighted by molar-refractivity contribution is -0.119. The zero-order valence-corrected chi connectivity index (χ0v) is 21.6. The number of benzene rings is 3. The fourth-order valence-electron chi connectivity index (χ4n) is 2.91. The zero-order chi connectivity index (χ0) is 24.0. The van der Waals surface area contributed by atoms with E-state index in [-0.39, 0.29) is 15.6 Å². The van der Waals surface area contributed by atoms with Crippen molar-refractivity contribution in [2.24, 2.45) is 5.10 Å². The van der Waals surface area contributed by atoms with E-state index in [2.05, 4.69) is 33.1 Å². The van der Waals surface area contributed by atoms with Gasteiger partial charge in [-0.2, -0.15) is 5.10 Å². The quantitative estimate of drug-likeness (QED) is 0.232. The molecule has 172 valence electrons. The number of halogens is 2. The number of hydrogen-bond donors (Lipinski definition) is 1. The number of hydrogen-bond acceptors (Lipinski definition) is 5. The van der Waals surface area contributed by atoms with E-state index in [1.165, 1.54) is 31.4 Å². The van der Waals surface area contributed by atoms with Gasteiger partial charge in [0.15, 0.2) is 0 Å². The molecule has 0 bridgehead atoms. The van der Waals surface area contributed by atoms with Crippen molar-refractivity contribution in [3.63, 3.8) is 0 Å². The van der Waals surface area contributed by atoms with E-state index in [1.807, 2.05) is 24.3 Å². The molecule has 0 unspecified atom stereocenters. The molecule has 0 spiro atoms. The van der Waals surface area contributed by atoms with Gasteiger partial charge in [-0.3, -0.25) is 9.10 Å². The molecule has 0 saturated carbocycles. The van der Waals surface area contributed by atoms with Crippen molar-refractivity contribution in [1.82, 2.24) is 5.43 Å². The second-order valence-corrected chi connectivity index (χ2v) is 10.4. The Kier molecular flexibility index (Phi) is 8.33. The summed E-state index contributed by atoms with van der Waals surface area (Å²) in [5.74, 6) is -0.217. The van der Waals surface area contributed by atoms with Crippen LogP contribution in [0.1, 0.15) is 12.5 Å². The SMILES string of the molecule is COc1ccc(N(CC(=O)N/N=C(/C)c2ccc(I)cc2)S(=O)(=O)c2ccccc2)cc1Cl. The summed E-state index contributed by atoms with van der Waals surface area (Å²) in [6.45, 7) is 1.26. The smallest absolute Gasteiger partial charge is 0.264 e. The Hall–Kier alpha value is -2.63. The Morgan fingerprint density at radius 3 is 2.36 bits per heavy atom. The van der Waals surface area contributed by atoms with Crippen molar-refractivity contribution in [3.05, 3.63) is 87.0 Å². The van der Waals surface area contributed by atoms with Crippen LogP contribution in [0.15, 0.2) is 82.8 Å². The van der Waals surface area contributed by atoms with Gasteiger partial charge >= 0.3 is 0 Å². The lowest BCUT2D eigenvalue weighted by atomic mass is 10.1. The lowest BCUT2D eigenvalue weighted by Gasteiger charge is -2.24. The highest BCUT2D eigenvalue weighted by Crippen LogP contribution is 2.31. The number of carbonyl (C=O) groups is 1. The van der Waals surface area contributed by atoms with E-state index < -0.39 is 22.5 Å². The molecule has 0 fully saturated rings.